The van der Waals surface area contributed by atoms with Crippen molar-refractivity contribution in [2.24, 2.45) is 0 Å². The first-order valence-electron chi connectivity index (χ1n) is 9.14. The van der Waals surface area contributed by atoms with E-state index in [9.17, 15) is 0 Å². The third-order valence-corrected chi connectivity index (χ3v) is 5.91. The highest BCUT2D eigenvalue weighted by atomic mass is 16.5. The highest BCUT2D eigenvalue weighted by molar-refractivity contribution is 5.54. The Morgan fingerprint density at radius 1 is 1.04 bits per heavy atom. The van der Waals surface area contributed by atoms with Crippen molar-refractivity contribution in [1.82, 2.24) is 20.3 Å². The zero-order chi connectivity index (χ0) is 17.0. The number of rotatable bonds is 3. The molecule has 0 unspecified atom stereocenters. The van der Waals surface area contributed by atoms with Crippen molar-refractivity contribution < 1.29 is 4.74 Å². The summed E-state index contributed by atoms with van der Waals surface area (Å²) in [5, 5.41) is 3.76. The zero-order valence-corrected chi connectivity index (χ0v) is 14.6. The average Bonchev–Trinajstić information content (AvgIpc) is 2.59. The molecular weight excluding hydrogens is 314 g/mol. The van der Waals surface area contributed by atoms with E-state index < -0.39 is 0 Å². The van der Waals surface area contributed by atoms with Gasteiger partial charge in [-0.2, -0.15) is 0 Å². The maximum atomic E-state index is 6.07. The molecule has 2 aromatic rings. The summed E-state index contributed by atoms with van der Waals surface area (Å²) >= 11 is 0. The molecule has 4 bridgehead atoms. The number of hydrogen-bond acceptors (Lipinski definition) is 6. The summed E-state index contributed by atoms with van der Waals surface area (Å²) in [5.74, 6) is 2.42. The molecule has 4 aliphatic rings. The Balaban J connectivity index is 1.48. The lowest BCUT2D eigenvalue weighted by atomic mass is 9.74. The molecule has 0 amide bonds. The molecule has 6 nitrogen and oxygen atoms in total. The van der Waals surface area contributed by atoms with E-state index in [1.165, 1.54) is 25.7 Å². The van der Waals surface area contributed by atoms with Crippen LogP contribution in [0.1, 0.15) is 36.9 Å². The van der Waals surface area contributed by atoms with Crippen LogP contribution in [0.2, 0.25) is 0 Å². The van der Waals surface area contributed by atoms with Crippen LogP contribution in [-0.4, -0.2) is 39.1 Å². The van der Waals surface area contributed by atoms with Crippen LogP contribution in [-0.2, 0) is 0 Å². The van der Waals surface area contributed by atoms with E-state index in [1.54, 1.807) is 12.5 Å². The summed E-state index contributed by atoms with van der Waals surface area (Å²) in [6, 6.07) is 6.37. The van der Waals surface area contributed by atoms with Gasteiger partial charge in [0.1, 0.15) is 12.1 Å². The minimum atomic E-state index is 0.588. The number of nitrogens with one attached hydrogen (secondary N) is 1. The molecule has 1 N–H and O–H groups in total. The number of hydrogen-bond donors (Lipinski definition) is 1. The number of aryl methyl sites for hydroxylation is 1. The second kappa shape index (κ2) is 5.66. The number of ether oxygens (including phenoxy) is 1. The maximum absolute atomic E-state index is 6.07. The number of anilines is 1. The lowest BCUT2D eigenvalue weighted by Gasteiger charge is -2.57. The molecule has 0 atom stereocenters. The molecule has 6 heteroatoms. The lowest BCUT2D eigenvalue weighted by Crippen LogP contribution is -2.68. The Kier molecular flexibility index (Phi) is 3.41. The fourth-order valence-electron chi connectivity index (χ4n) is 4.87. The van der Waals surface area contributed by atoms with Gasteiger partial charge in [-0.25, -0.2) is 9.97 Å². The smallest absolute Gasteiger partial charge is 0.227 e. The van der Waals surface area contributed by atoms with Crippen molar-refractivity contribution in [3.63, 3.8) is 0 Å². The topological polar surface area (TPSA) is 63.2 Å². The van der Waals surface area contributed by atoms with Gasteiger partial charge in [0.15, 0.2) is 5.75 Å². The average molecular weight is 337 g/mol. The number of piperidine rings is 4. The summed E-state index contributed by atoms with van der Waals surface area (Å²) in [6.07, 6.45) is 8.27. The van der Waals surface area contributed by atoms with E-state index in [1.807, 2.05) is 19.1 Å². The summed E-state index contributed by atoms with van der Waals surface area (Å²) in [4.78, 5) is 15.9. The summed E-state index contributed by atoms with van der Waals surface area (Å²) in [7, 11) is 0. The third-order valence-electron chi connectivity index (χ3n) is 5.91. The highest BCUT2D eigenvalue weighted by Gasteiger charge is 2.47. The zero-order valence-electron chi connectivity index (χ0n) is 14.6. The minimum absolute atomic E-state index is 0.588. The van der Waals surface area contributed by atoms with Gasteiger partial charge in [0.05, 0.1) is 11.3 Å². The van der Waals surface area contributed by atoms with Crippen LogP contribution < -0.4 is 15.0 Å². The number of nitrogens with zero attached hydrogens (tertiary/aromatic N) is 4. The van der Waals surface area contributed by atoms with Crippen molar-refractivity contribution >= 4 is 5.82 Å². The van der Waals surface area contributed by atoms with E-state index in [2.05, 4.69) is 32.1 Å². The second-order valence-corrected chi connectivity index (χ2v) is 7.53. The largest absolute Gasteiger partial charge is 0.437 e. The summed E-state index contributed by atoms with van der Waals surface area (Å²) < 4.78 is 6.07. The van der Waals surface area contributed by atoms with Crippen LogP contribution in [0.15, 0.2) is 24.7 Å². The molecule has 4 fully saturated rings. The van der Waals surface area contributed by atoms with Crippen LogP contribution in [0, 0.1) is 13.8 Å². The minimum Gasteiger partial charge on any atom is -0.437 e. The van der Waals surface area contributed by atoms with Crippen LogP contribution in [0.4, 0.5) is 5.82 Å². The highest BCUT2D eigenvalue weighted by Crippen LogP contribution is 2.43. The summed E-state index contributed by atoms with van der Waals surface area (Å²) in [6.45, 7) is 4.01. The van der Waals surface area contributed by atoms with Crippen LogP contribution in [0.5, 0.6) is 11.6 Å². The molecule has 130 valence electrons. The fourth-order valence-corrected chi connectivity index (χ4v) is 4.87. The first kappa shape index (κ1) is 15.1. The van der Waals surface area contributed by atoms with Gasteiger partial charge in [-0.05, 0) is 51.7 Å². The van der Waals surface area contributed by atoms with E-state index >= 15 is 0 Å². The molecule has 0 aliphatic carbocycles. The van der Waals surface area contributed by atoms with Crippen molar-refractivity contribution in [2.75, 3.05) is 4.90 Å². The van der Waals surface area contributed by atoms with Crippen molar-refractivity contribution in [2.45, 2.75) is 63.7 Å². The quantitative estimate of drug-likeness (QED) is 0.929. The van der Waals surface area contributed by atoms with Crippen LogP contribution in [0.25, 0.3) is 0 Å². The van der Waals surface area contributed by atoms with Gasteiger partial charge >= 0.3 is 0 Å². The van der Waals surface area contributed by atoms with E-state index in [0.717, 1.165) is 22.8 Å². The molecule has 0 spiro atoms. The van der Waals surface area contributed by atoms with Crippen molar-refractivity contribution in [1.29, 1.82) is 0 Å². The number of pyridine rings is 1. The van der Waals surface area contributed by atoms with Gasteiger partial charge in [0.2, 0.25) is 5.88 Å². The molecule has 4 saturated heterocycles. The molecule has 25 heavy (non-hydrogen) atoms. The van der Waals surface area contributed by atoms with Crippen LogP contribution in [0.3, 0.4) is 0 Å². The van der Waals surface area contributed by atoms with Gasteiger partial charge in [-0.15, -0.1) is 0 Å². The van der Waals surface area contributed by atoms with E-state index in [-0.39, 0.29) is 0 Å². The molecule has 0 aromatic carbocycles. The normalized spacial score (nSPS) is 29.9. The van der Waals surface area contributed by atoms with Gasteiger partial charge in [-0.3, -0.25) is 4.98 Å². The monoisotopic (exact) mass is 337 g/mol. The standard InChI is InChI=1S/C19H23N5O/c1-11-18(24-15-6-13-7-16(24)9-14(8-15)23-13)21-10-22-19(11)25-17-4-3-5-20-12(17)2/h3-5,10,13-16,23H,6-9H2,1-2H3. The maximum Gasteiger partial charge on any atom is 0.227 e. The molecule has 6 rings (SSSR count). The Morgan fingerprint density at radius 2 is 1.76 bits per heavy atom. The van der Waals surface area contributed by atoms with Gasteiger partial charge in [0, 0.05) is 30.4 Å². The second-order valence-electron chi connectivity index (χ2n) is 7.53. The Labute approximate surface area is 147 Å². The number of aromatic nitrogens is 3. The molecule has 2 aromatic heterocycles. The SMILES string of the molecule is Cc1ncccc1Oc1ncnc(N2C3CC4CC2CC(C3)N4)c1C. The predicted molar refractivity (Wildman–Crippen MR) is 95.1 cm³/mol. The lowest BCUT2D eigenvalue weighted by molar-refractivity contribution is 0.133. The fraction of sp³-hybridized carbons (Fsp3) is 0.526. The molecular formula is C19H23N5O. The molecule has 6 heterocycles. The first-order valence-corrected chi connectivity index (χ1v) is 9.14. The predicted octanol–water partition coefficient (Wildman–Crippen LogP) is 2.75. The van der Waals surface area contributed by atoms with Gasteiger partial charge < -0.3 is 15.0 Å². The molecule has 0 saturated carbocycles. The van der Waals surface area contributed by atoms with Crippen molar-refractivity contribution in [3.05, 3.63) is 35.9 Å². The van der Waals surface area contributed by atoms with E-state index in [4.69, 9.17) is 4.74 Å². The first-order chi connectivity index (χ1) is 12.2. The Hall–Kier alpha value is -2.21. The summed E-state index contributed by atoms with van der Waals surface area (Å²) in [5.41, 5.74) is 1.88. The molecule has 0 radical (unpaired) electrons. The van der Waals surface area contributed by atoms with Crippen LogP contribution >= 0.6 is 0 Å². The van der Waals surface area contributed by atoms with Crippen molar-refractivity contribution in [3.8, 4) is 11.6 Å². The Bertz CT molecular complexity index is 780. The Morgan fingerprint density at radius 3 is 2.44 bits per heavy atom. The third kappa shape index (κ3) is 2.47. The van der Waals surface area contributed by atoms with Gasteiger partial charge in [-0.1, -0.05) is 0 Å². The van der Waals surface area contributed by atoms with E-state index in [0.29, 0.717) is 30.0 Å². The van der Waals surface area contributed by atoms with Gasteiger partial charge in [0.25, 0.3) is 0 Å². The molecule has 4 aliphatic heterocycles.